The second-order valence-corrected chi connectivity index (χ2v) is 14.5. The third kappa shape index (κ3) is 7.01. The molecule has 0 bridgehead atoms. The molecule has 0 aliphatic carbocycles. The molecule has 0 fully saturated rings. The first-order chi connectivity index (χ1) is 15.0. The van der Waals surface area contributed by atoms with Gasteiger partial charge in [0.1, 0.15) is 0 Å². The summed E-state index contributed by atoms with van der Waals surface area (Å²) in [4.78, 5) is 0. The maximum atomic E-state index is 4.93. The molecular formula is C29H39Cl2Zr-. The fourth-order valence-electron chi connectivity index (χ4n) is 4.19. The van der Waals surface area contributed by atoms with Crippen molar-refractivity contribution in [3.8, 4) is 11.1 Å². The quantitative estimate of drug-likeness (QED) is 0.278. The predicted molar refractivity (Wildman–Crippen MR) is 142 cm³/mol. The van der Waals surface area contributed by atoms with Crippen LogP contribution in [-0.4, -0.2) is 0 Å². The molecule has 0 aromatic heterocycles. The number of hydrogen-bond donors (Lipinski definition) is 0. The minimum absolute atomic E-state index is 0.134. The molecule has 0 saturated heterocycles. The fourth-order valence-corrected chi connectivity index (χ4v) is 4.19. The molecular weight excluding hydrogens is 510 g/mol. The summed E-state index contributed by atoms with van der Waals surface area (Å²) in [7, 11) is 9.87. The molecule has 0 radical (unpaired) electrons. The summed E-state index contributed by atoms with van der Waals surface area (Å²) < 4.78 is 0. The van der Waals surface area contributed by atoms with E-state index in [9.17, 15) is 0 Å². The van der Waals surface area contributed by atoms with Crippen LogP contribution in [0.4, 0.5) is 0 Å². The van der Waals surface area contributed by atoms with Crippen molar-refractivity contribution in [2.45, 2.75) is 91.9 Å². The molecule has 0 amide bonds. The summed E-state index contributed by atoms with van der Waals surface area (Å²) in [5.41, 5.74) is 8.90. The Kier molecular flexibility index (Phi) is 10.2. The zero-order valence-electron chi connectivity index (χ0n) is 21.1. The Hall–Kier alpha value is -0.487. The van der Waals surface area contributed by atoms with Crippen LogP contribution >= 0.6 is 17.0 Å². The standard InChI is InChI=1S/C29H39.2ClH.Zr/c1-9-11-12-20-15-22-14-13-21(10-2)27(26(22)16-20)23-17-24(28(3,4)5)19-25(18-23)29(6,7)8;;;/h13-19H,9-12H2,1-8H3;2*1H;/q-1;;;+2/p-2. The van der Waals surface area contributed by atoms with E-state index in [1.54, 1.807) is 0 Å². The molecule has 0 N–H and O–H groups in total. The Balaban J connectivity index is 0.00000114. The zero-order chi connectivity index (χ0) is 24.1. The van der Waals surface area contributed by atoms with Crippen LogP contribution in [0.3, 0.4) is 0 Å². The van der Waals surface area contributed by atoms with Crippen molar-refractivity contribution in [1.29, 1.82) is 0 Å². The molecule has 3 aromatic carbocycles. The first-order valence-electron chi connectivity index (χ1n) is 11.8. The first-order valence-corrected chi connectivity index (χ1v) is 18.1. The Bertz CT molecular complexity index is 984. The molecule has 0 nitrogen and oxygen atoms in total. The Morgan fingerprint density at radius 2 is 1.41 bits per heavy atom. The number of aryl methyl sites for hydroxylation is 2. The van der Waals surface area contributed by atoms with Gasteiger partial charge >= 0.3 is 37.9 Å². The van der Waals surface area contributed by atoms with Crippen molar-refractivity contribution in [2.75, 3.05) is 0 Å². The van der Waals surface area contributed by atoms with Gasteiger partial charge in [0.15, 0.2) is 0 Å². The van der Waals surface area contributed by atoms with Gasteiger partial charge in [-0.15, -0.1) is 34.5 Å². The van der Waals surface area contributed by atoms with E-state index in [0.29, 0.717) is 0 Å². The van der Waals surface area contributed by atoms with Crippen molar-refractivity contribution in [3.05, 3.63) is 64.7 Å². The van der Waals surface area contributed by atoms with Crippen molar-refractivity contribution in [3.63, 3.8) is 0 Å². The van der Waals surface area contributed by atoms with Gasteiger partial charge in [0.25, 0.3) is 0 Å². The van der Waals surface area contributed by atoms with Crippen LogP contribution in [0.15, 0.2) is 42.5 Å². The number of unbranched alkanes of at least 4 members (excludes halogenated alkanes) is 1. The average Bonchev–Trinajstić information content (AvgIpc) is 3.13. The third-order valence-corrected chi connectivity index (χ3v) is 6.19. The maximum absolute atomic E-state index is 4.93. The summed E-state index contributed by atoms with van der Waals surface area (Å²) in [6.45, 7) is 18.5. The zero-order valence-corrected chi connectivity index (χ0v) is 25.1. The molecule has 3 rings (SSSR count). The van der Waals surface area contributed by atoms with Crippen LogP contribution < -0.4 is 0 Å². The second-order valence-electron chi connectivity index (χ2n) is 10.8. The summed E-state index contributed by atoms with van der Waals surface area (Å²) in [5.74, 6) is 0. The average molecular weight is 550 g/mol. The van der Waals surface area contributed by atoms with E-state index < -0.39 is 20.8 Å². The summed E-state index contributed by atoms with van der Waals surface area (Å²) in [6, 6.07) is 16.9. The van der Waals surface area contributed by atoms with Gasteiger partial charge in [-0.3, -0.25) is 0 Å². The van der Waals surface area contributed by atoms with Crippen LogP contribution in [0.5, 0.6) is 0 Å². The monoisotopic (exact) mass is 547 g/mol. The number of halogens is 2. The topological polar surface area (TPSA) is 0 Å². The van der Waals surface area contributed by atoms with Crippen LogP contribution in [0.1, 0.15) is 90.5 Å². The number of rotatable bonds is 5. The molecule has 0 atom stereocenters. The minimum atomic E-state index is -0.826. The van der Waals surface area contributed by atoms with Gasteiger partial charge in [-0.05, 0) is 40.4 Å². The second kappa shape index (κ2) is 11.8. The van der Waals surface area contributed by atoms with Crippen LogP contribution in [-0.2, 0) is 44.5 Å². The van der Waals surface area contributed by atoms with E-state index in [4.69, 9.17) is 17.0 Å². The molecule has 0 heterocycles. The van der Waals surface area contributed by atoms with Crippen molar-refractivity contribution >= 4 is 27.8 Å². The van der Waals surface area contributed by atoms with E-state index in [1.165, 1.54) is 63.4 Å². The Morgan fingerprint density at radius 3 is 1.88 bits per heavy atom. The molecule has 0 aliphatic heterocycles. The number of fused-ring (bicyclic) bond motifs is 1. The molecule has 0 spiro atoms. The summed E-state index contributed by atoms with van der Waals surface area (Å²) in [5, 5.41) is 2.82. The molecule has 32 heavy (non-hydrogen) atoms. The van der Waals surface area contributed by atoms with Crippen LogP contribution in [0, 0.1) is 0 Å². The predicted octanol–water partition coefficient (Wildman–Crippen LogP) is 10.1. The fraction of sp³-hybridized carbons (Fsp3) is 0.483. The van der Waals surface area contributed by atoms with Gasteiger partial charge in [0.2, 0.25) is 0 Å². The van der Waals surface area contributed by atoms with E-state index in [1.807, 2.05) is 0 Å². The molecule has 0 unspecified atom stereocenters. The normalized spacial score (nSPS) is 11.9. The van der Waals surface area contributed by atoms with Crippen LogP contribution in [0.25, 0.3) is 21.9 Å². The molecule has 3 heteroatoms. The Labute approximate surface area is 215 Å². The van der Waals surface area contributed by atoms with Crippen molar-refractivity contribution < 1.29 is 20.8 Å². The van der Waals surface area contributed by atoms with E-state index in [0.717, 1.165) is 6.42 Å². The first kappa shape index (κ1) is 27.8. The molecule has 0 saturated carbocycles. The van der Waals surface area contributed by atoms with E-state index in [-0.39, 0.29) is 10.8 Å². The molecule has 174 valence electrons. The molecule has 3 aromatic rings. The van der Waals surface area contributed by atoms with E-state index >= 15 is 0 Å². The summed E-state index contributed by atoms with van der Waals surface area (Å²) in [6.07, 6.45) is 4.75. The van der Waals surface area contributed by atoms with Gasteiger partial charge in [0.05, 0.1) is 0 Å². The van der Waals surface area contributed by atoms with Gasteiger partial charge in [-0.25, -0.2) is 0 Å². The van der Waals surface area contributed by atoms with Crippen molar-refractivity contribution in [1.82, 2.24) is 0 Å². The van der Waals surface area contributed by atoms with Crippen LogP contribution in [0.2, 0.25) is 0 Å². The SMILES string of the molecule is CCCCc1cc2c(-c3cc(C(C)(C)C)cc(C(C)(C)C)c3)c(CC)ccc2[cH-]1.[Cl][Zr][Cl]. The van der Waals surface area contributed by atoms with E-state index in [2.05, 4.69) is 97.9 Å². The van der Waals surface area contributed by atoms with Gasteiger partial charge in [-0.2, -0.15) is 6.07 Å². The van der Waals surface area contributed by atoms with Gasteiger partial charge in [0, 0.05) is 0 Å². The number of hydrogen-bond acceptors (Lipinski definition) is 0. The van der Waals surface area contributed by atoms with Gasteiger partial charge in [-0.1, -0.05) is 97.6 Å². The molecule has 0 aliphatic rings. The van der Waals surface area contributed by atoms with Gasteiger partial charge < -0.3 is 0 Å². The Morgan fingerprint density at radius 1 is 0.844 bits per heavy atom. The number of benzene rings is 2. The summed E-state index contributed by atoms with van der Waals surface area (Å²) >= 11 is -0.826. The third-order valence-electron chi connectivity index (χ3n) is 6.19. The van der Waals surface area contributed by atoms with Crippen molar-refractivity contribution in [2.24, 2.45) is 0 Å².